The third-order valence-corrected chi connectivity index (χ3v) is 4.98. The van der Waals surface area contributed by atoms with Crippen LogP contribution >= 0.6 is 0 Å². The Morgan fingerprint density at radius 3 is 2.74 bits per heavy atom. The van der Waals surface area contributed by atoms with E-state index in [-0.39, 0.29) is 0 Å². The molecule has 0 aromatic carbocycles. The highest BCUT2D eigenvalue weighted by atomic mass is 16.2. The normalized spacial score (nSPS) is 32.0. The lowest BCUT2D eigenvalue weighted by molar-refractivity contribution is -0.133. The number of hydrogen-bond donors (Lipinski definition) is 1. The zero-order chi connectivity index (χ0) is 13.8. The maximum atomic E-state index is 12.4. The van der Waals surface area contributed by atoms with E-state index in [0.29, 0.717) is 29.8 Å². The Labute approximate surface area is 117 Å². The second kappa shape index (κ2) is 6.74. The summed E-state index contributed by atoms with van der Waals surface area (Å²) < 4.78 is 0. The van der Waals surface area contributed by atoms with Gasteiger partial charge in [-0.2, -0.15) is 0 Å². The van der Waals surface area contributed by atoms with Crippen molar-refractivity contribution in [1.82, 2.24) is 4.90 Å². The summed E-state index contributed by atoms with van der Waals surface area (Å²) in [6.45, 7) is 5.44. The van der Waals surface area contributed by atoms with Crippen molar-refractivity contribution in [2.45, 2.75) is 77.3 Å². The average Bonchev–Trinajstić information content (AvgIpc) is 2.85. The van der Waals surface area contributed by atoms with Crippen LogP contribution in [0.4, 0.5) is 0 Å². The van der Waals surface area contributed by atoms with E-state index in [2.05, 4.69) is 18.7 Å². The van der Waals surface area contributed by atoms with Crippen molar-refractivity contribution in [3.63, 3.8) is 0 Å². The summed E-state index contributed by atoms with van der Waals surface area (Å²) in [6, 6.07) is 0.866. The van der Waals surface area contributed by atoms with Crippen molar-refractivity contribution < 1.29 is 4.79 Å². The Morgan fingerprint density at radius 2 is 2.05 bits per heavy atom. The standard InChI is InChI=1S/C16H30N2O/c1-12(2)15-7-4-10-18(15)16(19)9-8-13-5-3-6-14(17)11-13/h12-15H,3-11,17H2,1-2H3. The van der Waals surface area contributed by atoms with Gasteiger partial charge in [-0.3, -0.25) is 4.79 Å². The van der Waals surface area contributed by atoms with Crippen LogP contribution in [0.15, 0.2) is 0 Å². The second-order valence-corrected chi connectivity index (χ2v) is 6.87. The molecule has 1 aliphatic carbocycles. The summed E-state index contributed by atoms with van der Waals surface area (Å²) >= 11 is 0. The van der Waals surface area contributed by atoms with Crippen LogP contribution in [0.25, 0.3) is 0 Å². The molecule has 2 fully saturated rings. The summed E-state index contributed by atoms with van der Waals surface area (Å²) in [5, 5.41) is 0. The smallest absolute Gasteiger partial charge is 0.222 e. The molecule has 2 rings (SSSR count). The van der Waals surface area contributed by atoms with Gasteiger partial charge in [0.15, 0.2) is 0 Å². The van der Waals surface area contributed by atoms with Crippen LogP contribution in [0, 0.1) is 11.8 Å². The van der Waals surface area contributed by atoms with E-state index in [1.807, 2.05) is 0 Å². The molecule has 3 heteroatoms. The van der Waals surface area contributed by atoms with Crippen molar-refractivity contribution in [2.24, 2.45) is 17.6 Å². The first-order valence-electron chi connectivity index (χ1n) is 8.13. The summed E-state index contributed by atoms with van der Waals surface area (Å²) in [5.74, 6) is 1.66. The monoisotopic (exact) mass is 266 g/mol. The van der Waals surface area contributed by atoms with Crippen molar-refractivity contribution in [3.05, 3.63) is 0 Å². The van der Waals surface area contributed by atoms with Gasteiger partial charge in [0.1, 0.15) is 0 Å². The van der Waals surface area contributed by atoms with Crippen LogP contribution < -0.4 is 5.73 Å². The number of nitrogens with zero attached hydrogens (tertiary/aromatic N) is 1. The topological polar surface area (TPSA) is 46.3 Å². The minimum Gasteiger partial charge on any atom is -0.339 e. The number of rotatable bonds is 4. The lowest BCUT2D eigenvalue weighted by Gasteiger charge is -2.30. The Balaban J connectivity index is 1.77. The highest BCUT2D eigenvalue weighted by Gasteiger charge is 2.31. The fraction of sp³-hybridized carbons (Fsp3) is 0.938. The molecule has 19 heavy (non-hydrogen) atoms. The van der Waals surface area contributed by atoms with E-state index in [9.17, 15) is 4.79 Å². The van der Waals surface area contributed by atoms with E-state index < -0.39 is 0 Å². The minimum absolute atomic E-state index is 0.379. The molecule has 0 aromatic heterocycles. The number of likely N-dealkylation sites (tertiary alicyclic amines) is 1. The zero-order valence-corrected chi connectivity index (χ0v) is 12.6. The van der Waals surface area contributed by atoms with Crippen LogP contribution in [0.2, 0.25) is 0 Å². The molecular weight excluding hydrogens is 236 g/mol. The summed E-state index contributed by atoms with van der Waals surface area (Å²) in [5.41, 5.74) is 6.02. The fourth-order valence-electron chi connectivity index (χ4n) is 3.86. The Hall–Kier alpha value is -0.570. The Kier molecular flexibility index (Phi) is 5.26. The van der Waals surface area contributed by atoms with Gasteiger partial charge in [-0.25, -0.2) is 0 Å². The molecule has 1 saturated carbocycles. The first kappa shape index (κ1) is 14.8. The molecule has 2 N–H and O–H groups in total. The molecule has 2 aliphatic rings. The lowest BCUT2D eigenvalue weighted by Crippen LogP contribution is -2.38. The maximum absolute atomic E-state index is 12.4. The van der Waals surface area contributed by atoms with Gasteiger partial charge in [-0.05, 0) is 43.9 Å². The first-order chi connectivity index (χ1) is 9.08. The summed E-state index contributed by atoms with van der Waals surface area (Å²) in [7, 11) is 0. The minimum atomic E-state index is 0.379. The molecule has 0 spiro atoms. The predicted molar refractivity (Wildman–Crippen MR) is 78.7 cm³/mol. The van der Waals surface area contributed by atoms with Gasteiger partial charge < -0.3 is 10.6 Å². The molecule has 1 saturated heterocycles. The lowest BCUT2D eigenvalue weighted by atomic mass is 9.83. The molecule has 1 aliphatic heterocycles. The van der Waals surface area contributed by atoms with Crippen molar-refractivity contribution in [3.8, 4) is 0 Å². The van der Waals surface area contributed by atoms with Crippen LogP contribution in [0.3, 0.4) is 0 Å². The zero-order valence-electron chi connectivity index (χ0n) is 12.6. The largest absolute Gasteiger partial charge is 0.339 e. The third kappa shape index (κ3) is 3.95. The van der Waals surface area contributed by atoms with Gasteiger partial charge in [0.2, 0.25) is 5.91 Å². The van der Waals surface area contributed by atoms with E-state index in [1.54, 1.807) is 0 Å². The highest BCUT2D eigenvalue weighted by Crippen LogP contribution is 2.29. The Bertz CT molecular complexity index is 303. The van der Waals surface area contributed by atoms with Gasteiger partial charge in [-0.15, -0.1) is 0 Å². The Morgan fingerprint density at radius 1 is 1.26 bits per heavy atom. The quantitative estimate of drug-likeness (QED) is 0.850. The van der Waals surface area contributed by atoms with E-state index in [4.69, 9.17) is 5.73 Å². The molecule has 3 atom stereocenters. The molecular formula is C16H30N2O. The summed E-state index contributed by atoms with van der Waals surface area (Å²) in [6.07, 6.45) is 8.98. The van der Waals surface area contributed by atoms with Gasteiger partial charge in [0.05, 0.1) is 0 Å². The molecule has 110 valence electrons. The average molecular weight is 266 g/mol. The van der Waals surface area contributed by atoms with Crippen molar-refractivity contribution in [1.29, 1.82) is 0 Å². The SMILES string of the molecule is CC(C)C1CCCN1C(=O)CCC1CCCC(N)C1. The van der Waals surface area contributed by atoms with Crippen LogP contribution in [-0.2, 0) is 4.79 Å². The third-order valence-electron chi connectivity index (χ3n) is 4.98. The molecule has 1 heterocycles. The fourth-order valence-corrected chi connectivity index (χ4v) is 3.86. The second-order valence-electron chi connectivity index (χ2n) is 6.87. The van der Waals surface area contributed by atoms with Crippen LogP contribution in [-0.4, -0.2) is 29.4 Å². The molecule has 0 radical (unpaired) electrons. The van der Waals surface area contributed by atoms with E-state index in [1.165, 1.54) is 32.1 Å². The molecule has 0 bridgehead atoms. The number of hydrogen-bond acceptors (Lipinski definition) is 2. The summed E-state index contributed by atoms with van der Waals surface area (Å²) in [4.78, 5) is 14.5. The number of nitrogens with two attached hydrogens (primary N) is 1. The van der Waals surface area contributed by atoms with Crippen molar-refractivity contribution in [2.75, 3.05) is 6.54 Å². The van der Waals surface area contributed by atoms with Gasteiger partial charge in [0, 0.05) is 25.0 Å². The van der Waals surface area contributed by atoms with Crippen LogP contribution in [0.1, 0.15) is 65.2 Å². The van der Waals surface area contributed by atoms with Gasteiger partial charge in [0.25, 0.3) is 0 Å². The van der Waals surface area contributed by atoms with Crippen molar-refractivity contribution >= 4 is 5.91 Å². The first-order valence-corrected chi connectivity index (χ1v) is 8.13. The predicted octanol–water partition coefficient (Wildman–Crippen LogP) is 2.93. The molecule has 0 aromatic rings. The number of amides is 1. The van der Waals surface area contributed by atoms with E-state index >= 15 is 0 Å². The number of carbonyl (C=O) groups excluding carboxylic acids is 1. The molecule has 3 nitrogen and oxygen atoms in total. The molecule has 3 unspecified atom stereocenters. The highest BCUT2D eigenvalue weighted by molar-refractivity contribution is 5.76. The van der Waals surface area contributed by atoms with E-state index in [0.717, 1.165) is 25.8 Å². The number of carbonyl (C=O) groups is 1. The van der Waals surface area contributed by atoms with Gasteiger partial charge in [-0.1, -0.05) is 26.7 Å². The maximum Gasteiger partial charge on any atom is 0.222 e. The van der Waals surface area contributed by atoms with Crippen LogP contribution in [0.5, 0.6) is 0 Å². The molecule has 1 amide bonds. The van der Waals surface area contributed by atoms with Gasteiger partial charge >= 0.3 is 0 Å².